The number of methoxy groups -OCH3 is 1. The van der Waals surface area contributed by atoms with E-state index < -0.39 is 21.8 Å². The third-order valence-corrected chi connectivity index (χ3v) is 4.65. The molecule has 0 aliphatic carbocycles. The molecule has 1 aliphatic heterocycles. The van der Waals surface area contributed by atoms with E-state index >= 15 is 0 Å². The van der Waals surface area contributed by atoms with E-state index in [-0.39, 0.29) is 29.6 Å². The van der Waals surface area contributed by atoms with Crippen LogP contribution in [0.25, 0.3) is 0 Å². The van der Waals surface area contributed by atoms with E-state index in [4.69, 9.17) is 5.73 Å². The van der Waals surface area contributed by atoms with Gasteiger partial charge < -0.3 is 10.5 Å². The fourth-order valence-corrected chi connectivity index (χ4v) is 3.32. The van der Waals surface area contributed by atoms with E-state index in [1.165, 1.54) is 7.11 Å². The second kappa shape index (κ2) is 5.59. The van der Waals surface area contributed by atoms with Gasteiger partial charge in [0, 0.05) is 12.3 Å². The van der Waals surface area contributed by atoms with E-state index in [1.807, 2.05) is 0 Å². The molecule has 0 saturated carbocycles. The highest BCUT2D eigenvalue weighted by Crippen LogP contribution is 2.21. The van der Waals surface area contributed by atoms with Gasteiger partial charge in [-0.3, -0.25) is 9.59 Å². The number of sulfone groups is 1. The van der Waals surface area contributed by atoms with E-state index in [1.54, 1.807) is 0 Å². The summed E-state index contributed by atoms with van der Waals surface area (Å²) in [6.07, 6.45) is 0.571. The largest absolute Gasteiger partial charge is 0.468 e. The first kappa shape index (κ1) is 14.1. The fourth-order valence-electron chi connectivity index (χ4n) is 1.83. The molecule has 1 unspecified atom stereocenters. The van der Waals surface area contributed by atoms with Crippen LogP contribution < -0.4 is 5.73 Å². The standard InChI is InChI=1S/C10H17NO5S/c1-16-10(13)8(11)6-9(12)7-2-4-17(14,15)5-3-7/h7-8H,2-6,11H2,1H3. The number of Topliss-reactive ketones (excluding diaryl/α,β-unsaturated/α-hetero) is 1. The Hall–Kier alpha value is -0.950. The molecule has 0 amide bonds. The topological polar surface area (TPSA) is 104 Å². The third kappa shape index (κ3) is 4.08. The molecule has 98 valence electrons. The molecule has 7 heteroatoms. The minimum Gasteiger partial charge on any atom is -0.468 e. The lowest BCUT2D eigenvalue weighted by Gasteiger charge is -2.21. The van der Waals surface area contributed by atoms with Gasteiger partial charge in [-0.2, -0.15) is 0 Å². The van der Waals surface area contributed by atoms with E-state index in [9.17, 15) is 18.0 Å². The van der Waals surface area contributed by atoms with Crippen molar-refractivity contribution in [1.29, 1.82) is 0 Å². The van der Waals surface area contributed by atoms with Crippen LogP contribution in [0.4, 0.5) is 0 Å². The number of carbonyl (C=O) groups excluding carboxylic acids is 2. The van der Waals surface area contributed by atoms with Gasteiger partial charge in [0.25, 0.3) is 0 Å². The highest BCUT2D eigenvalue weighted by Gasteiger charge is 2.30. The molecule has 17 heavy (non-hydrogen) atoms. The van der Waals surface area contributed by atoms with Crippen LogP contribution in [0.1, 0.15) is 19.3 Å². The van der Waals surface area contributed by atoms with Gasteiger partial charge in [-0.05, 0) is 12.8 Å². The van der Waals surface area contributed by atoms with Gasteiger partial charge in [-0.15, -0.1) is 0 Å². The number of nitrogens with two attached hydrogens (primary N) is 1. The number of rotatable bonds is 4. The Labute approximate surface area is 100 Å². The summed E-state index contributed by atoms with van der Waals surface area (Å²) in [5, 5.41) is 0. The van der Waals surface area contributed by atoms with Crippen molar-refractivity contribution in [2.24, 2.45) is 11.7 Å². The number of ether oxygens (including phenoxy) is 1. The lowest BCUT2D eigenvalue weighted by molar-refractivity contribution is -0.144. The molecule has 1 saturated heterocycles. The summed E-state index contributed by atoms with van der Waals surface area (Å²) < 4.78 is 26.8. The average molecular weight is 263 g/mol. The van der Waals surface area contributed by atoms with Crippen LogP contribution >= 0.6 is 0 Å². The lowest BCUT2D eigenvalue weighted by atomic mass is 9.93. The summed E-state index contributed by atoms with van der Waals surface area (Å²) in [4.78, 5) is 22.8. The van der Waals surface area contributed by atoms with Crippen molar-refractivity contribution >= 4 is 21.6 Å². The summed E-state index contributed by atoms with van der Waals surface area (Å²) in [6.45, 7) is 0. The number of hydrogen-bond donors (Lipinski definition) is 1. The van der Waals surface area contributed by atoms with Gasteiger partial charge in [0.2, 0.25) is 0 Å². The molecule has 0 aromatic carbocycles. The second-order valence-electron chi connectivity index (χ2n) is 4.23. The molecule has 1 aliphatic rings. The highest BCUT2D eigenvalue weighted by atomic mass is 32.2. The Morgan fingerprint density at radius 1 is 1.35 bits per heavy atom. The van der Waals surface area contributed by atoms with Gasteiger partial charge in [-0.1, -0.05) is 0 Å². The molecular formula is C10H17NO5S. The molecule has 2 N–H and O–H groups in total. The summed E-state index contributed by atoms with van der Waals surface area (Å²) in [6, 6.07) is -0.953. The first-order valence-electron chi connectivity index (χ1n) is 5.42. The molecule has 1 fully saturated rings. The van der Waals surface area contributed by atoms with Crippen molar-refractivity contribution < 1.29 is 22.7 Å². The SMILES string of the molecule is COC(=O)C(N)CC(=O)C1CCS(=O)(=O)CC1. The predicted octanol–water partition coefficient (Wildman–Crippen LogP) is -0.729. The zero-order chi connectivity index (χ0) is 13.1. The molecule has 6 nitrogen and oxygen atoms in total. The van der Waals surface area contributed by atoms with Crippen LogP contribution in [0.2, 0.25) is 0 Å². The third-order valence-electron chi connectivity index (χ3n) is 2.94. The molecule has 1 atom stereocenters. The van der Waals surface area contributed by atoms with Crippen molar-refractivity contribution in [2.45, 2.75) is 25.3 Å². The van der Waals surface area contributed by atoms with Crippen molar-refractivity contribution in [3.05, 3.63) is 0 Å². The number of esters is 1. The summed E-state index contributed by atoms with van der Waals surface area (Å²) in [5.74, 6) is -0.998. The van der Waals surface area contributed by atoms with Crippen molar-refractivity contribution in [1.82, 2.24) is 0 Å². The van der Waals surface area contributed by atoms with Crippen molar-refractivity contribution in [3.63, 3.8) is 0 Å². The predicted molar refractivity (Wildman–Crippen MR) is 61.0 cm³/mol. The van der Waals surface area contributed by atoms with Gasteiger partial charge >= 0.3 is 5.97 Å². The zero-order valence-corrected chi connectivity index (χ0v) is 10.5. The van der Waals surface area contributed by atoms with Gasteiger partial charge in [0.05, 0.1) is 18.6 Å². The van der Waals surface area contributed by atoms with Crippen LogP contribution in [0, 0.1) is 5.92 Å². The minimum atomic E-state index is -2.97. The molecule has 0 aromatic rings. The van der Waals surface area contributed by atoms with E-state index in [0.717, 1.165) is 0 Å². The van der Waals surface area contributed by atoms with Crippen molar-refractivity contribution in [2.75, 3.05) is 18.6 Å². The van der Waals surface area contributed by atoms with Crippen LogP contribution in [0.15, 0.2) is 0 Å². The number of carbonyl (C=O) groups is 2. The van der Waals surface area contributed by atoms with Gasteiger partial charge in [0.15, 0.2) is 0 Å². The smallest absolute Gasteiger partial charge is 0.323 e. The molecular weight excluding hydrogens is 246 g/mol. The monoisotopic (exact) mass is 263 g/mol. The first-order valence-corrected chi connectivity index (χ1v) is 7.24. The Morgan fingerprint density at radius 3 is 2.35 bits per heavy atom. The minimum absolute atomic E-state index is 0.0386. The summed E-state index contributed by atoms with van der Waals surface area (Å²) in [7, 11) is -1.77. The zero-order valence-electron chi connectivity index (χ0n) is 9.72. The number of hydrogen-bond acceptors (Lipinski definition) is 6. The molecule has 1 heterocycles. The van der Waals surface area contributed by atoms with Crippen molar-refractivity contribution in [3.8, 4) is 0 Å². The molecule has 0 radical (unpaired) electrons. The van der Waals surface area contributed by atoms with E-state index in [0.29, 0.717) is 12.8 Å². The fraction of sp³-hybridized carbons (Fsp3) is 0.800. The average Bonchev–Trinajstić information content (AvgIpc) is 2.27. The maximum Gasteiger partial charge on any atom is 0.323 e. The number of ketones is 1. The van der Waals surface area contributed by atoms with Gasteiger partial charge in [0.1, 0.15) is 21.7 Å². The van der Waals surface area contributed by atoms with Crippen LogP contribution in [-0.2, 0) is 24.2 Å². The summed E-state index contributed by atoms with van der Waals surface area (Å²) in [5.41, 5.74) is 5.47. The Bertz CT molecular complexity index is 389. The molecule has 0 aromatic heterocycles. The summed E-state index contributed by atoms with van der Waals surface area (Å²) >= 11 is 0. The Morgan fingerprint density at radius 2 is 1.88 bits per heavy atom. The maximum atomic E-state index is 11.8. The molecule has 0 bridgehead atoms. The Balaban J connectivity index is 2.47. The van der Waals surface area contributed by atoms with E-state index in [2.05, 4.69) is 4.74 Å². The van der Waals surface area contributed by atoms with Gasteiger partial charge in [-0.25, -0.2) is 8.42 Å². The maximum absolute atomic E-state index is 11.8. The first-order chi connectivity index (χ1) is 7.85. The normalized spacial score (nSPS) is 21.8. The molecule has 1 rings (SSSR count). The Kier molecular flexibility index (Phi) is 4.64. The molecule has 0 spiro atoms. The lowest BCUT2D eigenvalue weighted by Crippen LogP contribution is -2.37. The van der Waals surface area contributed by atoms with Crippen LogP contribution in [0.3, 0.4) is 0 Å². The quantitative estimate of drug-likeness (QED) is 0.671. The van der Waals surface area contributed by atoms with Crippen LogP contribution in [0.5, 0.6) is 0 Å². The second-order valence-corrected chi connectivity index (χ2v) is 6.53. The van der Waals surface area contributed by atoms with Crippen LogP contribution in [-0.4, -0.2) is 44.8 Å². The highest BCUT2D eigenvalue weighted by molar-refractivity contribution is 7.91.